The molecular weight excluding hydrogens is 226 g/mol. The van der Waals surface area contributed by atoms with Crippen LogP contribution in [-0.4, -0.2) is 45.2 Å². The molecule has 0 aromatic rings. The molecule has 0 aromatic carbocycles. The quantitative estimate of drug-likeness (QED) is 0.595. The van der Waals surface area contributed by atoms with Crippen molar-refractivity contribution in [2.24, 2.45) is 5.41 Å². The summed E-state index contributed by atoms with van der Waals surface area (Å²) in [5, 5.41) is 12.0. The standard InChI is InChI=1S/C11H25NO3S/c1-11(2,6-4-8-13)10-12-7-5-9-16(3,14)15/h12-13H,4-10H2,1-3H3. The van der Waals surface area contributed by atoms with Crippen molar-refractivity contribution in [1.82, 2.24) is 5.32 Å². The van der Waals surface area contributed by atoms with Gasteiger partial charge >= 0.3 is 0 Å². The van der Waals surface area contributed by atoms with Crippen LogP contribution in [0.2, 0.25) is 0 Å². The van der Waals surface area contributed by atoms with Gasteiger partial charge in [0, 0.05) is 19.4 Å². The van der Waals surface area contributed by atoms with E-state index in [4.69, 9.17) is 5.11 Å². The fourth-order valence-corrected chi connectivity index (χ4v) is 2.20. The van der Waals surface area contributed by atoms with E-state index in [1.54, 1.807) is 0 Å². The molecule has 0 heterocycles. The molecule has 2 N–H and O–H groups in total. The van der Waals surface area contributed by atoms with E-state index in [1.807, 2.05) is 0 Å². The summed E-state index contributed by atoms with van der Waals surface area (Å²) in [7, 11) is -2.83. The molecule has 0 fully saturated rings. The van der Waals surface area contributed by atoms with E-state index in [2.05, 4.69) is 19.2 Å². The molecular formula is C11H25NO3S. The normalized spacial score (nSPS) is 13.0. The first-order chi connectivity index (χ1) is 7.27. The molecule has 16 heavy (non-hydrogen) atoms. The molecule has 98 valence electrons. The van der Waals surface area contributed by atoms with Crippen LogP contribution in [0.25, 0.3) is 0 Å². The summed E-state index contributed by atoms with van der Waals surface area (Å²) in [5.74, 6) is 0.247. The lowest BCUT2D eigenvalue weighted by molar-refractivity contribution is 0.237. The van der Waals surface area contributed by atoms with Crippen molar-refractivity contribution in [3.63, 3.8) is 0 Å². The number of hydrogen-bond donors (Lipinski definition) is 2. The number of hydrogen-bond acceptors (Lipinski definition) is 4. The molecule has 0 spiro atoms. The Balaban J connectivity index is 3.57. The number of nitrogens with one attached hydrogen (secondary N) is 1. The average Bonchev–Trinajstić information content (AvgIpc) is 2.12. The molecule has 0 aliphatic carbocycles. The minimum atomic E-state index is -2.83. The SMILES string of the molecule is CC(C)(CCCO)CNCCCS(C)(=O)=O. The number of aliphatic hydroxyl groups excluding tert-OH is 1. The van der Waals surface area contributed by atoms with Gasteiger partial charge in [-0.25, -0.2) is 8.42 Å². The van der Waals surface area contributed by atoms with Crippen molar-refractivity contribution in [3.8, 4) is 0 Å². The van der Waals surface area contributed by atoms with Crippen LogP contribution in [0.3, 0.4) is 0 Å². The molecule has 5 heteroatoms. The maximum atomic E-state index is 10.9. The van der Waals surface area contributed by atoms with Gasteiger partial charge in [0.25, 0.3) is 0 Å². The second-order valence-electron chi connectivity index (χ2n) is 5.15. The van der Waals surface area contributed by atoms with Crippen LogP contribution in [0.15, 0.2) is 0 Å². The van der Waals surface area contributed by atoms with E-state index < -0.39 is 9.84 Å². The summed E-state index contributed by atoms with van der Waals surface area (Å²) in [6.45, 7) is 6.11. The predicted molar refractivity (Wildman–Crippen MR) is 67.3 cm³/mol. The van der Waals surface area contributed by atoms with Crippen molar-refractivity contribution in [3.05, 3.63) is 0 Å². The van der Waals surface area contributed by atoms with Crippen molar-refractivity contribution >= 4 is 9.84 Å². The molecule has 0 unspecified atom stereocenters. The first kappa shape index (κ1) is 15.9. The van der Waals surface area contributed by atoms with Gasteiger partial charge in [0.2, 0.25) is 0 Å². The maximum Gasteiger partial charge on any atom is 0.147 e. The summed E-state index contributed by atoms with van der Waals surface area (Å²) >= 11 is 0. The van der Waals surface area contributed by atoms with Crippen LogP contribution < -0.4 is 5.32 Å². The zero-order chi connectivity index (χ0) is 12.7. The fourth-order valence-electron chi connectivity index (χ4n) is 1.53. The third kappa shape index (κ3) is 10.4. The molecule has 0 amide bonds. The first-order valence-electron chi connectivity index (χ1n) is 5.76. The second-order valence-corrected chi connectivity index (χ2v) is 7.41. The van der Waals surface area contributed by atoms with Gasteiger partial charge in [0.1, 0.15) is 9.84 Å². The second kappa shape index (κ2) is 7.25. The fraction of sp³-hybridized carbons (Fsp3) is 1.00. The molecule has 0 bridgehead atoms. The molecule has 0 aromatic heterocycles. The molecule has 0 aliphatic heterocycles. The summed E-state index contributed by atoms with van der Waals surface area (Å²) in [5.41, 5.74) is 0.161. The molecule has 0 aliphatic rings. The van der Waals surface area contributed by atoms with Crippen LogP contribution in [0.1, 0.15) is 33.1 Å². The van der Waals surface area contributed by atoms with Gasteiger partial charge in [0.15, 0.2) is 0 Å². The van der Waals surface area contributed by atoms with E-state index in [1.165, 1.54) is 6.26 Å². The molecule has 0 radical (unpaired) electrons. The van der Waals surface area contributed by atoms with Crippen molar-refractivity contribution in [1.29, 1.82) is 0 Å². The van der Waals surface area contributed by atoms with Gasteiger partial charge in [-0.1, -0.05) is 13.8 Å². The Hall–Kier alpha value is -0.130. The van der Waals surface area contributed by atoms with Crippen LogP contribution in [0.4, 0.5) is 0 Å². The molecule has 0 rings (SSSR count). The summed E-state index contributed by atoms with van der Waals surface area (Å²) < 4.78 is 21.8. The van der Waals surface area contributed by atoms with Crippen LogP contribution in [0, 0.1) is 5.41 Å². The number of rotatable bonds is 9. The smallest absolute Gasteiger partial charge is 0.147 e. The Bertz CT molecular complexity index is 273. The van der Waals surface area contributed by atoms with E-state index in [0.717, 1.165) is 25.9 Å². The highest BCUT2D eigenvalue weighted by molar-refractivity contribution is 7.90. The van der Waals surface area contributed by atoms with Crippen molar-refractivity contribution in [2.75, 3.05) is 31.7 Å². The lowest BCUT2D eigenvalue weighted by atomic mass is 9.88. The summed E-state index contributed by atoms with van der Waals surface area (Å²) in [4.78, 5) is 0. The highest BCUT2D eigenvalue weighted by atomic mass is 32.2. The van der Waals surface area contributed by atoms with Gasteiger partial charge in [-0.2, -0.15) is 0 Å². The van der Waals surface area contributed by atoms with Gasteiger partial charge in [-0.15, -0.1) is 0 Å². The Morgan fingerprint density at radius 2 is 1.88 bits per heavy atom. The Morgan fingerprint density at radius 3 is 2.38 bits per heavy atom. The third-order valence-electron chi connectivity index (χ3n) is 2.48. The van der Waals surface area contributed by atoms with Crippen molar-refractivity contribution in [2.45, 2.75) is 33.1 Å². The zero-order valence-electron chi connectivity index (χ0n) is 10.6. The largest absolute Gasteiger partial charge is 0.396 e. The average molecular weight is 251 g/mol. The maximum absolute atomic E-state index is 10.9. The third-order valence-corrected chi connectivity index (χ3v) is 3.51. The molecule has 0 saturated carbocycles. The van der Waals surface area contributed by atoms with Crippen LogP contribution in [0.5, 0.6) is 0 Å². The van der Waals surface area contributed by atoms with Gasteiger partial charge < -0.3 is 10.4 Å². The van der Waals surface area contributed by atoms with Gasteiger partial charge in [-0.3, -0.25) is 0 Å². The molecule has 4 nitrogen and oxygen atoms in total. The van der Waals surface area contributed by atoms with Crippen LogP contribution in [-0.2, 0) is 9.84 Å². The molecule has 0 atom stereocenters. The summed E-state index contributed by atoms with van der Waals surface area (Å²) in [6.07, 6.45) is 3.72. The topological polar surface area (TPSA) is 66.4 Å². The van der Waals surface area contributed by atoms with E-state index in [9.17, 15) is 8.42 Å². The minimum absolute atomic E-state index is 0.161. The highest BCUT2D eigenvalue weighted by Crippen LogP contribution is 2.20. The molecule has 0 saturated heterocycles. The van der Waals surface area contributed by atoms with Crippen molar-refractivity contribution < 1.29 is 13.5 Å². The lowest BCUT2D eigenvalue weighted by Gasteiger charge is -2.24. The Labute approximate surface area is 99.4 Å². The number of aliphatic hydroxyl groups is 1. The first-order valence-corrected chi connectivity index (χ1v) is 7.82. The highest BCUT2D eigenvalue weighted by Gasteiger charge is 2.16. The summed E-state index contributed by atoms with van der Waals surface area (Å²) in [6, 6.07) is 0. The van der Waals surface area contributed by atoms with Gasteiger partial charge in [-0.05, 0) is 31.2 Å². The lowest BCUT2D eigenvalue weighted by Crippen LogP contribution is -2.31. The minimum Gasteiger partial charge on any atom is -0.396 e. The van der Waals surface area contributed by atoms with E-state index >= 15 is 0 Å². The number of sulfone groups is 1. The van der Waals surface area contributed by atoms with Crippen LogP contribution >= 0.6 is 0 Å². The Kier molecular flexibility index (Phi) is 7.19. The van der Waals surface area contributed by atoms with E-state index in [0.29, 0.717) is 6.42 Å². The predicted octanol–water partition coefficient (Wildman–Crippen LogP) is 0.809. The monoisotopic (exact) mass is 251 g/mol. The van der Waals surface area contributed by atoms with E-state index in [-0.39, 0.29) is 17.8 Å². The van der Waals surface area contributed by atoms with Gasteiger partial charge in [0.05, 0.1) is 5.75 Å². The zero-order valence-corrected chi connectivity index (χ0v) is 11.4. The Morgan fingerprint density at radius 1 is 1.25 bits per heavy atom.